The van der Waals surface area contributed by atoms with E-state index in [4.69, 9.17) is 9.47 Å². The molecule has 0 atom stereocenters. The van der Waals surface area contributed by atoms with Crippen molar-refractivity contribution in [2.24, 2.45) is 0 Å². The van der Waals surface area contributed by atoms with Gasteiger partial charge in [0, 0.05) is 62.2 Å². The van der Waals surface area contributed by atoms with Crippen molar-refractivity contribution >= 4 is 27.3 Å². The van der Waals surface area contributed by atoms with Gasteiger partial charge in [0.2, 0.25) is 16.0 Å². The zero-order valence-electron chi connectivity index (χ0n) is 21.2. The number of nitrogens with one attached hydrogen (secondary N) is 1. The minimum Gasteiger partial charge on any atom is -0.489 e. The molecule has 0 aliphatic carbocycles. The molecule has 0 bridgehead atoms. The number of nitriles is 1. The zero-order chi connectivity index (χ0) is 26.5. The van der Waals surface area contributed by atoms with Crippen molar-refractivity contribution in [3.8, 4) is 23.1 Å². The van der Waals surface area contributed by atoms with Crippen LogP contribution in [-0.4, -0.2) is 74.4 Å². The van der Waals surface area contributed by atoms with E-state index in [0.29, 0.717) is 62.3 Å². The molecule has 1 aromatic heterocycles. The van der Waals surface area contributed by atoms with Crippen LogP contribution in [-0.2, 0) is 14.8 Å². The molecule has 2 aromatic carbocycles. The van der Waals surface area contributed by atoms with Gasteiger partial charge in [-0.3, -0.25) is 0 Å². The average molecular weight is 535 g/mol. The van der Waals surface area contributed by atoms with E-state index in [1.54, 1.807) is 18.3 Å². The number of aromatic nitrogens is 2. The molecule has 11 heteroatoms. The normalized spacial score (nSPS) is 17.1. The second kappa shape index (κ2) is 11.3. The van der Waals surface area contributed by atoms with Crippen molar-refractivity contribution in [2.75, 3.05) is 55.9 Å². The Morgan fingerprint density at radius 3 is 2.47 bits per heavy atom. The summed E-state index contributed by atoms with van der Waals surface area (Å²) in [6.07, 6.45) is 4.61. The molecule has 2 aliphatic rings. The highest BCUT2D eigenvalue weighted by atomic mass is 32.2. The van der Waals surface area contributed by atoms with Crippen LogP contribution in [0, 0.1) is 11.3 Å². The lowest BCUT2D eigenvalue weighted by Crippen LogP contribution is -2.48. The molecule has 2 fully saturated rings. The van der Waals surface area contributed by atoms with Crippen molar-refractivity contribution in [3.63, 3.8) is 0 Å². The molecule has 0 spiro atoms. The number of hydrogen-bond acceptors (Lipinski definition) is 9. The molecule has 10 nitrogen and oxygen atoms in total. The summed E-state index contributed by atoms with van der Waals surface area (Å²) in [5.41, 5.74) is 3.83. The van der Waals surface area contributed by atoms with Crippen LogP contribution in [0.1, 0.15) is 18.4 Å². The maximum Gasteiger partial charge on any atom is 0.227 e. The minimum atomic E-state index is -3.15. The largest absolute Gasteiger partial charge is 0.489 e. The molecule has 198 valence electrons. The third kappa shape index (κ3) is 6.22. The quantitative estimate of drug-likeness (QED) is 0.486. The Labute approximate surface area is 222 Å². The van der Waals surface area contributed by atoms with Gasteiger partial charge in [-0.05, 0) is 48.5 Å². The molecular weight excluding hydrogens is 504 g/mol. The van der Waals surface area contributed by atoms with Crippen molar-refractivity contribution in [1.29, 1.82) is 5.26 Å². The first-order chi connectivity index (χ1) is 18.4. The molecule has 1 N–H and O–H groups in total. The summed E-state index contributed by atoms with van der Waals surface area (Å²) in [6.45, 7) is 3.60. The fourth-order valence-electron chi connectivity index (χ4n) is 4.60. The van der Waals surface area contributed by atoms with Gasteiger partial charge < -0.3 is 19.7 Å². The molecule has 0 unspecified atom stereocenters. The van der Waals surface area contributed by atoms with Gasteiger partial charge in [0.15, 0.2) is 0 Å². The van der Waals surface area contributed by atoms with Crippen LogP contribution in [0.25, 0.3) is 11.3 Å². The molecule has 3 aromatic rings. The number of piperazine rings is 1. The maximum absolute atomic E-state index is 11.7. The standard InChI is InChI=1S/C27H30N6O4S/c1-38(34,35)33-14-12-32(13-15-33)23-5-3-22(4-6-23)30-27-29-11-8-25(31-27)20-2-7-26(21(18-20)19-28)37-24-9-16-36-17-10-24/h2-8,11,18,24H,9-10,12-17H2,1H3,(H,29,30,31). The first-order valence-corrected chi connectivity index (χ1v) is 14.4. The summed E-state index contributed by atoms with van der Waals surface area (Å²) in [7, 11) is -3.15. The summed E-state index contributed by atoms with van der Waals surface area (Å²) in [6, 6.07) is 17.5. The van der Waals surface area contributed by atoms with Crippen molar-refractivity contribution in [2.45, 2.75) is 18.9 Å². The van der Waals surface area contributed by atoms with Gasteiger partial charge in [-0.1, -0.05) is 0 Å². The van der Waals surface area contributed by atoms with E-state index in [9.17, 15) is 13.7 Å². The Hall–Kier alpha value is -3.72. The van der Waals surface area contributed by atoms with Crippen LogP contribution in [0.2, 0.25) is 0 Å². The second-order valence-corrected chi connectivity index (χ2v) is 11.3. The second-order valence-electron chi connectivity index (χ2n) is 9.34. The van der Waals surface area contributed by atoms with E-state index < -0.39 is 10.0 Å². The molecule has 3 heterocycles. The minimum absolute atomic E-state index is 0.0556. The molecule has 0 radical (unpaired) electrons. The van der Waals surface area contributed by atoms with E-state index >= 15 is 0 Å². The van der Waals surface area contributed by atoms with Gasteiger partial charge in [0.25, 0.3) is 0 Å². The number of nitrogens with zero attached hydrogens (tertiary/aromatic N) is 5. The van der Waals surface area contributed by atoms with Crippen LogP contribution in [0.15, 0.2) is 54.7 Å². The van der Waals surface area contributed by atoms with Crippen LogP contribution in [0.4, 0.5) is 17.3 Å². The molecule has 38 heavy (non-hydrogen) atoms. The summed E-state index contributed by atoms with van der Waals surface area (Å²) in [4.78, 5) is 11.2. The first kappa shape index (κ1) is 25.9. The SMILES string of the molecule is CS(=O)(=O)N1CCN(c2ccc(Nc3nccc(-c4ccc(OC5CCOCC5)c(C#N)c4)n3)cc2)CC1. The first-order valence-electron chi connectivity index (χ1n) is 12.6. The molecule has 2 saturated heterocycles. The van der Waals surface area contributed by atoms with Gasteiger partial charge in [-0.15, -0.1) is 0 Å². The van der Waals surface area contributed by atoms with Gasteiger partial charge in [0.05, 0.1) is 30.7 Å². The fourth-order valence-corrected chi connectivity index (χ4v) is 5.42. The molecular formula is C27H30N6O4S. The van der Waals surface area contributed by atoms with Crippen LogP contribution < -0.4 is 15.0 Å². The van der Waals surface area contributed by atoms with E-state index in [2.05, 4.69) is 26.3 Å². The number of hydrogen-bond donors (Lipinski definition) is 1. The van der Waals surface area contributed by atoms with Gasteiger partial charge >= 0.3 is 0 Å². The summed E-state index contributed by atoms with van der Waals surface area (Å²) >= 11 is 0. The van der Waals surface area contributed by atoms with Crippen LogP contribution >= 0.6 is 0 Å². The molecule has 5 rings (SSSR count). The monoisotopic (exact) mass is 534 g/mol. The predicted molar refractivity (Wildman–Crippen MR) is 145 cm³/mol. The molecule has 0 amide bonds. The maximum atomic E-state index is 11.7. The lowest BCUT2D eigenvalue weighted by atomic mass is 10.1. The highest BCUT2D eigenvalue weighted by Gasteiger charge is 2.23. The van der Waals surface area contributed by atoms with Crippen LogP contribution in [0.5, 0.6) is 5.75 Å². The third-order valence-corrected chi connectivity index (χ3v) is 8.01. The number of benzene rings is 2. The van der Waals surface area contributed by atoms with E-state index in [1.165, 1.54) is 10.6 Å². The zero-order valence-corrected chi connectivity index (χ0v) is 22.0. The van der Waals surface area contributed by atoms with Crippen molar-refractivity contribution in [3.05, 3.63) is 60.3 Å². The number of ether oxygens (including phenoxy) is 2. The average Bonchev–Trinajstić information content (AvgIpc) is 2.94. The van der Waals surface area contributed by atoms with Gasteiger partial charge in [-0.25, -0.2) is 18.4 Å². The Morgan fingerprint density at radius 2 is 1.79 bits per heavy atom. The fraction of sp³-hybridized carbons (Fsp3) is 0.370. The lowest BCUT2D eigenvalue weighted by molar-refractivity contribution is 0.0254. The summed E-state index contributed by atoms with van der Waals surface area (Å²) < 4.78 is 36.5. The predicted octanol–water partition coefficient (Wildman–Crippen LogP) is 3.40. The third-order valence-electron chi connectivity index (χ3n) is 6.71. The lowest BCUT2D eigenvalue weighted by Gasteiger charge is -2.34. The Balaban J connectivity index is 1.24. The highest BCUT2D eigenvalue weighted by Crippen LogP contribution is 2.28. The highest BCUT2D eigenvalue weighted by molar-refractivity contribution is 7.88. The van der Waals surface area contributed by atoms with Crippen molar-refractivity contribution in [1.82, 2.24) is 14.3 Å². The molecule has 2 aliphatic heterocycles. The summed E-state index contributed by atoms with van der Waals surface area (Å²) in [5, 5.41) is 12.9. The molecule has 0 saturated carbocycles. The topological polar surface area (TPSA) is 121 Å². The van der Waals surface area contributed by atoms with Crippen molar-refractivity contribution < 1.29 is 17.9 Å². The van der Waals surface area contributed by atoms with E-state index in [-0.39, 0.29) is 6.10 Å². The Kier molecular flexibility index (Phi) is 7.74. The Bertz CT molecular complexity index is 1410. The number of anilines is 3. The number of sulfonamides is 1. The number of rotatable bonds is 7. The van der Waals surface area contributed by atoms with Gasteiger partial charge in [-0.2, -0.15) is 9.57 Å². The van der Waals surface area contributed by atoms with E-state index in [0.717, 1.165) is 29.8 Å². The van der Waals surface area contributed by atoms with E-state index in [1.807, 2.05) is 36.4 Å². The van der Waals surface area contributed by atoms with Crippen LogP contribution in [0.3, 0.4) is 0 Å². The Morgan fingerprint density at radius 1 is 1.05 bits per heavy atom. The summed E-state index contributed by atoms with van der Waals surface area (Å²) in [5.74, 6) is 1.02. The smallest absolute Gasteiger partial charge is 0.227 e. The van der Waals surface area contributed by atoms with Gasteiger partial charge in [0.1, 0.15) is 17.9 Å².